The second kappa shape index (κ2) is 10.3. The Bertz CT molecular complexity index is 1410. The van der Waals surface area contributed by atoms with Crippen LogP contribution in [0.5, 0.6) is 5.75 Å². The van der Waals surface area contributed by atoms with Crippen molar-refractivity contribution in [3.05, 3.63) is 76.6 Å². The molecule has 0 spiro atoms. The molecule has 0 unspecified atom stereocenters. The van der Waals surface area contributed by atoms with Crippen molar-refractivity contribution in [2.75, 3.05) is 23.7 Å². The fourth-order valence-electron chi connectivity index (χ4n) is 3.33. The van der Waals surface area contributed by atoms with Crippen LogP contribution in [-0.2, 0) is 10.0 Å². The molecule has 0 saturated heterocycles. The smallest absolute Gasteiger partial charge is 0.356 e. The molecule has 176 valence electrons. The predicted octanol–water partition coefficient (Wildman–Crippen LogP) is 4.04. The highest BCUT2D eigenvalue weighted by atomic mass is 32.2. The van der Waals surface area contributed by atoms with Gasteiger partial charge in [-0.25, -0.2) is 18.2 Å². The average Bonchev–Trinajstić information content (AvgIpc) is 2.80. The maximum Gasteiger partial charge on any atom is 0.356 e. The molecule has 34 heavy (non-hydrogen) atoms. The van der Waals surface area contributed by atoms with Crippen molar-refractivity contribution in [2.24, 2.45) is 0 Å². The van der Waals surface area contributed by atoms with Gasteiger partial charge in [0.2, 0.25) is 0 Å². The summed E-state index contributed by atoms with van der Waals surface area (Å²) >= 11 is 0. The van der Waals surface area contributed by atoms with E-state index in [1.807, 2.05) is 6.92 Å². The van der Waals surface area contributed by atoms with Crippen molar-refractivity contribution >= 4 is 27.4 Å². The summed E-state index contributed by atoms with van der Waals surface area (Å²) in [6, 6.07) is 11.5. The summed E-state index contributed by atoms with van der Waals surface area (Å²) in [5, 5.41) is 12.2. The molecule has 1 heterocycles. The summed E-state index contributed by atoms with van der Waals surface area (Å²) in [6.07, 6.45) is 1.37. The molecule has 0 bridgehead atoms. The van der Waals surface area contributed by atoms with Crippen LogP contribution in [0.4, 0.5) is 11.4 Å². The summed E-state index contributed by atoms with van der Waals surface area (Å²) in [5.74, 6) is 5.36. The van der Waals surface area contributed by atoms with E-state index in [1.54, 1.807) is 50.2 Å². The minimum Gasteiger partial charge on any atom is -0.496 e. The van der Waals surface area contributed by atoms with Crippen LogP contribution < -0.4 is 14.8 Å². The summed E-state index contributed by atoms with van der Waals surface area (Å²) < 4.78 is 34.2. The highest BCUT2D eigenvalue weighted by molar-refractivity contribution is 7.92. The second-order valence-electron chi connectivity index (χ2n) is 7.37. The van der Waals surface area contributed by atoms with Crippen LogP contribution in [0, 0.1) is 25.7 Å². The number of ether oxygens (including phenoxy) is 1. The Morgan fingerprint density at radius 1 is 1.09 bits per heavy atom. The Labute approximate surface area is 199 Å². The van der Waals surface area contributed by atoms with Gasteiger partial charge in [-0.1, -0.05) is 24.0 Å². The van der Waals surface area contributed by atoms with Gasteiger partial charge in [0.05, 0.1) is 23.4 Å². The molecule has 1 aromatic heterocycles. The summed E-state index contributed by atoms with van der Waals surface area (Å²) in [6.45, 7) is 5.90. The molecule has 9 heteroatoms. The molecule has 0 aliphatic heterocycles. The number of carboxylic acid groups (broad SMARTS) is 1. The number of nitrogens with zero attached hydrogens (tertiary/aromatic N) is 1. The topological polar surface area (TPSA) is 118 Å². The highest BCUT2D eigenvalue weighted by Crippen LogP contribution is 2.28. The summed E-state index contributed by atoms with van der Waals surface area (Å²) in [7, 11) is -2.35. The monoisotopic (exact) mass is 479 g/mol. The molecule has 0 aliphatic carbocycles. The quantitative estimate of drug-likeness (QED) is 0.438. The van der Waals surface area contributed by atoms with Gasteiger partial charge in [0.15, 0.2) is 5.69 Å². The van der Waals surface area contributed by atoms with Gasteiger partial charge in [0, 0.05) is 23.9 Å². The normalized spacial score (nSPS) is 10.7. The van der Waals surface area contributed by atoms with E-state index in [-0.39, 0.29) is 10.6 Å². The number of sulfonamides is 1. The molecule has 3 N–H and O–H groups in total. The van der Waals surface area contributed by atoms with Gasteiger partial charge in [-0.3, -0.25) is 4.72 Å². The number of para-hydroxylation sites is 1. The maximum atomic E-state index is 13.1. The number of carboxylic acids is 1. The maximum absolute atomic E-state index is 13.1. The van der Waals surface area contributed by atoms with Crippen LogP contribution in [-0.4, -0.2) is 38.1 Å². The molecule has 3 aromatic rings. The molecule has 3 rings (SSSR count). The molecule has 0 amide bonds. The Morgan fingerprint density at radius 2 is 1.82 bits per heavy atom. The van der Waals surface area contributed by atoms with Crippen molar-refractivity contribution in [3.63, 3.8) is 0 Å². The first-order valence-corrected chi connectivity index (χ1v) is 11.9. The summed E-state index contributed by atoms with van der Waals surface area (Å²) in [5.41, 5.74) is 2.88. The van der Waals surface area contributed by atoms with Gasteiger partial charge >= 0.3 is 5.97 Å². The second-order valence-corrected chi connectivity index (χ2v) is 9.02. The number of hydrogen-bond donors (Lipinski definition) is 3. The van der Waals surface area contributed by atoms with Crippen LogP contribution in [0.2, 0.25) is 0 Å². The molecule has 0 atom stereocenters. The minimum atomic E-state index is -3.89. The predicted molar refractivity (Wildman–Crippen MR) is 131 cm³/mol. The number of rotatable bonds is 7. The van der Waals surface area contributed by atoms with E-state index in [4.69, 9.17) is 4.74 Å². The summed E-state index contributed by atoms with van der Waals surface area (Å²) in [4.78, 5) is 15.5. The highest BCUT2D eigenvalue weighted by Gasteiger charge is 2.20. The van der Waals surface area contributed by atoms with Crippen molar-refractivity contribution in [1.82, 2.24) is 4.98 Å². The first-order chi connectivity index (χ1) is 16.2. The lowest BCUT2D eigenvalue weighted by Gasteiger charge is -2.15. The number of anilines is 2. The third-order valence-electron chi connectivity index (χ3n) is 5.17. The number of carbonyl (C=O) groups is 1. The zero-order valence-electron chi connectivity index (χ0n) is 19.3. The lowest BCUT2D eigenvalue weighted by Crippen LogP contribution is -2.15. The van der Waals surface area contributed by atoms with E-state index in [2.05, 4.69) is 26.9 Å². The largest absolute Gasteiger partial charge is 0.496 e. The number of aromatic carboxylic acids is 1. The van der Waals surface area contributed by atoms with Gasteiger partial charge in [-0.2, -0.15) is 0 Å². The molecule has 2 aromatic carbocycles. The zero-order valence-corrected chi connectivity index (χ0v) is 20.1. The molecule has 8 nitrogen and oxygen atoms in total. The van der Waals surface area contributed by atoms with E-state index in [9.17, 15) is 18.3 Å². The number of hydrogen-bond acceptors (Lipinski definition) is 6. The van der Waals surface area contributed by atoms with Gasteiger partial charge in [-0.05, 0) is 62.2 Å². The fraction of sp³-hybridized carbons (Fsp3) is 0.200. The Hall–Kier alpha value is -4.03. The SMILES string of the molecule is CCNc1cc(C#Cc2ccccc2NS(=O)(=O)c2ccc(OC)c(C)c2C)cnc1C(=O)O. The number of pyridine rings is 1. The van der Waals surface area contributed by atoms with Crippen molar-refractivity contribution in [1.29, 1.82) is 0 Å². The Kier molecular flexibility index (Phi) is 7.44. The molecule has 0 fully saturated rings. The van der Waals surface area contributed by atoms with Gasteiger partial charge < -0.3 is 15.2 Å². The van der Waals surface area contributed by atoms with Crippen molar-refractivity contribution < 1.29 is 23.1 Å². The van der Waals surface area contributed by atoms with E-state index >= 15 is 0 Å². The van der Waals surface area contributed by atoms with Crippen LogP contribution in [0.1, 0.15) is 39.7 Å². The van der Waals surface area contributed by atoms with E-state index in [0.717, 1.165) is 5.56 Å². The van der Waals surface area contributed by atoms with E-state index in [0.29, 0.717) is 40.4 Å². The molecular formula is C25H25N3O5S. The molecule has 0 saturated carbocycles. The van der Waals surface area contributed by atoms with Crippen LogP contribution in [0.3, 0.4) is 0 Å². The first-order valence-electron chi connectivity index (χ1n) is 10.4. The Morgan fingerprint density at radius 3 is 2.50 bits per heavy atom. The van der Waals surface area contributed by atoms with Crippen LogP contribution in [0.15, 0.2) is 53.6 Å². The first kappa shape index (κ1) is 24.6. The third-order valence-corrected chi connectivity index (χ3v) is 6.68. The average molecular weight is 480 g/mol. The third kappa shape index (κ3) is 5.30. The number of methoxy groups -OCH3 is 1. The van der Waals surface area contributed by atoms with E-state index in [1.165, 1.54) is 19.4 Å². The lowest BCUT2D eigenvalue weighted by molar-refractivity contribution is 0.0691. The molecule has 0 radical (unpaired) electrons. The standard InChI is InChI=1S/C25H25N3O5S/c1-5-26-21-14-18(15-27-24(21)25(29)30)10-11-19-8-6-7-9-20(19)28-34(31,32)23-13-12-22(33-4)16(2)17(23)3/h6-9,12-15,26,28H,5H2,1-4H3,(H,29,30). The molecule has 0 aliphatic rings. The van der Waals surface area contributed by atoms with Gasteiger partial charge in [-0.15, -0.1) is 0 Å². The van der Waals surface area contributed by atoms with E-state index < -0.39 is 16.0 Å². The van der Waals surface area contributed by atoms with Crippen LogP contribution in [0.25, 0.3) is 0 Å². The van der Waals surface area contributed by atoms with Gasteiger partial charge in [0.1, 0.15) is 5.75 Å². The Balaban J connectivity index is 1.96. The lowest BCUT2D eigenvalue weighted by atomic mass is 10.1. The number of aromatic nitrogens is 1. The number of benzene rings is 2. The molecular weight excluding hydrogens is 454 g/mol. The van der Waals surface area contributed by atoms with Crippen molar-refractivity contribution in [2.45, 2.75) is 25.7 Å². The van der Waals surface area contributed by atoms with Gasteiger partial charge in [0.25, 0.3) is 10.0 Å². The minimum absolute atomic E-state index is 0.0919. The zero-order chi connectivity index (χ0) is 24.9. The fourth-order valence-corrected chi connectivity index (χ4v) is 4.71. The number of nitrogens with one attached hydrogen (secondary N) is 2. The van der Waals surface area contributed by atoms with Crippen molar-refractivity contribution in [3.8, 4) is 17.6 Å². The van der Waals surface area contributed by atoms with Crippen LogP contribution >= 0.6 is 0 Å².